The fraction of sp³-hybridized carbons (Fsp3) is 0.375. The zero-order valence-corrected chi connectivity index (χ0v) is 9.19. The highest BCUT2D eigenvalue weighted by Gasteiger charge is 2.22. The Morgan fingerprint density at radius 3 is 2.62 bits per heavy atom. The topological polar surface area (TPSA) is 117 Å². The lowest BCUT2D eigenvalue weighted by Gasteiger charge is -2.08. The minimum atomic E-state index is -3.92. The Morgan fingerprint density at radius 2 is 2.19 bits per heavy atom. The normalized spacial score (nSPS) is 13.6. The average molecular weight is 249 g/mol. The molecule has 0 saturated heterocycles. The summed E-state index contributed by atoms with van der Waals surface area (Å²) in [5, 5.41) is 16.7. The Hall–Kier alpha value is -1.38. The zero-order valence-electron chi connectivity index (χ0n) is 8.37. The van der Waals surface area contributed by atoms with Crippen molar-refractivity contribution in [1.29, 1.82) is 0 Å². The van der Waals surface area contributed by atoms with Gasteiger partial charge in [-0.05, 0) is 19.1 Å². The lowest BCUT2D eigenvalue weighted by atomic mass is 10.4. The van der Waals surface area contributed by atoms with Crippen molar-refractivity contribution in [3.05, 3.63) is 17.9 Å². The van der Waals surface area contributed by atoms with Crippen LogP contribution >= 0.6 is 0 Å². The maximum absolute atomic E-state index is 11.5. The second-order valence-electron chi connectivity index (χ2n) is 3.13. The Morgan fingerprint density at radius 1 is 1.56 bits per heavy atom. The summed E-state index contributed by atoms with van der Waals surface area (Å²) in [7, 11) is -3.92. The van der Waals surface area contributed by atoms with Crippen molar-refractivity contribution in [2.45, 2.75) is 18.1 Å². The van der Waals surface area contributed by atoms with Crippen LogP contribution in [0.15, 0.2) is 21.6 Å². The van der Waals surface area contributed by atoms with E-state index in [2.05, 4.69) is 9.14 Å². The van der Waals surface area contributed by atoms with E-state index in [1.165, 1.54) is 6.92 Å². The molecule has 1 unspecified atom stereocenters. The van der Waals surface area contributed by atoms with E-state index in [0.29, 0.717) is 0 Å². The van der Waals surface area contributed by atoms with Gasteiger partial charge in [-0.1, -0.05) is 0 Å². The molecule has 1 aromatic rings. The number of aliphatic hydroxyl groups excluding tert-OH is 1. The number of carboxylic acid groups (broad SMARTS) is 1. The van der Waals surface area contributed by atoms with Crippen LogP contribution in [0.5, 0.6) is 0 Å². The summed E-state index contributed by atoms with van der Waals surface area (Å²) in [5.41, 5.74) is 0. The summed E-state index contributed by atoms with van der Waals surface area (Å²) in [6.07, 6.45) is 0. The van der Waals surface area contributed by atoms with Gasteiger partial charge >= 0.3 is 5.97 Å². The largest absolute Gasteiger partial charge is 0.475 e. The van der Waals surface area contributed by atoms with Gasteiger partial charge in [-0.15, -0.1) is 0 Å². The first kappa shape index (κ1) is 12.7. The minimum Gasteiger partial charge on any atom is -0.475 e. The third kappa shape index (κ3) is 2.81. The molecule has 16 heavy (non-hydrogen) atoms. The molecule has 1 atom stereocenters. The van der Waals surface area contributed by atoms with Gasteiger partial charge in [0.1, 0.15) is 0 Å². The maximum atomic E-state index is 11.5. The molecular formula is C8H11NO6S. The summed E-state index contributed by atoms with van der Waals surface area (Å²) in [5.74, 6) is -1.81. The fourth-order valence-corrected chi connectivity index (χ4v) is 2.11. The lowest BCUT2D eigenvalue weighted by molar-refractivity contribution is 0.0656. The van der Waals surface area contributed by atoms with Crippen molar-refractivity contribution in [3.63, 3.8) is 0 Å². The van der Waals surface area contributed by atoms with Crippen LogP contribution in [0.4, 0.5) is 0 Å². The van der Waals surface area contributed by atoms with Gasteiger partial charge in [0.15, 0.2) is 0 Å². The van der Waals surface area contributed by atoms with Crippen LogP contribution in [-0.2, 0) is 10.0 Å². The standard InChI is InChI=1S/C8H11NO6S/c1-5(4-10)9-16(13,14)7-3-2-6(15-7)8(11)12/h2-3,5,9-10H,4H2,1H3,(H,11,12). The highest BCUT2D eigenvalue weighted by molar-refractivity contribution is 7.89. The Labute approximate surface area is 91.7 Å². The molecule has 1 rings (SSSR count). The van der Waals surface area contributed by atoms with Crippen molar-refractivity contribution in [2.24, 2.45) is 0 Å². The van der Waals surface area contributed by atoms with Crippen LogP contribution in [0.25, 0.3) is 0 Å². The maximum Gasteiger partial charge on any atom is 0.371 e. The number of aliphatic hydroxyl groups is 1. The van der Waals surface area contributed by atoms with E-state index in [1.54, 1.807) is 0 Å². The Kier molecular flexibility index (Phi) is 3.68. The van der Waals surface area contributed by atoms with Crippen molar-refractivity contribution in [1.82, 2.24) is 4.72 Å². The van der Waals surface area contributed by atoms with Gasteiger partial charge < -0.3 is 14.6 Å². The molecular weight excluding hydrogens is 238 g/mol. The van der Waals surface area contributed by atoms with Gasteiger partial charge in [0.25, 0.3) is 10.0 Å². The average Bonchev–Trinajstić information content (AvgIpc) is 2.66. The predicted molar refractivity (Wildman–Crippen MR) is 52.5 cm³/mol. The molecule has 0 spiro atoms. The highest BCUT2D eigenvalue weighted by Crippen LogP contribution is 2.13. The van der Waals surface area contributed by atoms with Crippen molar-refractivity contribution >= 4 is 16.0 Å². The third-order valence-corrected chi connectivity index (χ3v) is 3.15. The van der Waals surface area contributed by atoms with E-state index in [-0.39, 0.29) is 6.61 Å². The highest BCUT2D eigenvalue weighted by atomic mass is 32.2. The second-order valence-corrected chi connectivity index (χ2v) is 4.77. The van der Waals surface area contributed by atoms with E-state index < -0.39 is 32.9 Å². The zero-order chi connectivity index (χ0) is 12.3. The third-order valence-electron chi connectivity index (χ3n) is 1.69. The number of furan rings is 1. The van der Waals surface area contributed by atoms with E-state index in [4.69, 9.17) is 10.2 Å². The predicted octanol–water partition coefficient (Wildman–Crippen LogP) is -0.363. The molecule has 0 amide bonds. The van der Waals surface area contributed by atoms with Gasteiger partial charge in [0, 0.05) is 6.04 Å². The molecule has 0 fully saturated rings. The molecule has 0 aliphatic carbocycles. The van der Waals surface area contributed by atoms with E-state index in [9.17, 15) is 13.2 Å². The summed E-state index contributed by atoms with van der Waals surface area (Å²) in [4.78, 5) is 10.5. The van der Waals surface area contributed by atoms with Gasteiger partial charge in [-0.25, -0.2) is 17.9 Å². The Balaban J connectivity index is 2.94. The quantitative estimate of drug-likeness (QED) is 0.655. The van der Waals surface area contributed by atoms with Crippen LogP contribution in [0.2, 0.25) is 0 Å². The minimum absolute atomic E-state index is 0.369. The summed E-state index contributed by atoms with van der Waals surface area (Å²) in [6.45, 7) is 1.09. The first-order chi connectivity index (χ1) is 7.36. The van der Waals surface area contributed by atoms with E-state index >= 15 is 0 Å². The van der Waals surface area contributed by atoms with Crippen molar-refractivity contribution in [2.75, 3.05) is 6.61 Å². The first-order valence-electron chi connectivity index (χ1n) is 4.33. The van der Waals surface area contributed by atoms with Crippen LogP contribution in [0, 0.1) is 0 Å². The molecule has 0 aliphatic rings. The van der Waals surface area contributed by atoms with Gasteiger partial charge in [0.2, 0.25) is 10.9 Å². The molecule has 3 N–H and O–H groups in total. The molecule has 0 saturated carbocycles. The molecule has 90 valence electrons. The fourth-order valence-electron chi connectivity index (χ4n) is 0.940. The first-order valence-corrected chi connectivity index (χ1v) is 5.81. The molecule has 7 nitrogen and oxygen atoms in total. The smallest absolute Gasteiger partial charge is 0.371 e. The lowest BCUT2D eigenvalue weighted by Crippen LogP contribution is -2.34. The molecule has 8 heteroatoms. The summed E-state index contributed by atoms with van der Waals surface area (Å²) < 4.78 is 29.8. The summed E-state index contributed by atoms with van der Waals surface area (Å²) in [6, 6.07) is 1.40. The number of sulfonamides is 1. The summed E-state index contributed by atoms with van der Waals surface area (Å²) >= 11 is 0. The van der Waals surface area contributed by atoms with Gasteiger partial charge in [0.05, 0.1) is 6.61 Å². The van der Waals surface area contributed by atoms with Crippen LogP contribution in [0.1, 0.15) is 17.5 Å². The molecule has 0 radical (unpaired) electrons. The van der Waals surface area contributed by atoms with Crippen LogP contribution < -0.4 is 4.72 Å². The molecule has 0 aromatic carbocycles. The van der Waals surface area contributed by atoms with E-state index in [1.807, 2.05) is 0 Å². The molecule has 1 aromatic heterocycles. The van der Waals surface area contributed by atoms with Gasteiger partial charge in [-0.3, -0.25) is 0 Å². The number of hydrogen-bond acceptors (Lipinski definition) is 5. The SMILES string of the molecule is CC(CO)NS(=O)(=O)c1ccc(C(=O)O)o1. The van der Waals surface area contributed by atoms with E-state index in [0.717, 1.165) is 12.1 Å². The van der Waals surface area contributed by atoms with Crippen molar-refractivity contribution in [3.8, 4) is 0 Å². The number of carbonyl (C=O) groups is 1. The molecule has 0 bridgehead atoms. The number of hydrogen-bond donors (Lipinski definition) is 3. The van der Waals surface area contributed by atoms with Gasteiger partial charge in [-0.2, -0.15) is 0 Å². The van der Waals surface area contributed by atoms with Crippen molar-refractivity contribution < 1.29 is 27.8 Å². The number of rotatable bonds is 5. The number of nitrogens with one attached hydrogen (secondary N) is 1. The monoisotopic (exact) mass is 249 g/mol. The molecule has 1 heterocycles. The Bertz CT molecular complexity index is 476. The second kappa shape index (κ2) is 4.64. The molecule has 0 aliphatic heterocycles. The number of carboxylic acids is 1. The van der Waals surface area contributed by atoms with Crippen LogP contribution in [0.3, 0.4) is 0 Å². The number of aromatic carboxylic acids is 1. The van der Waals surface area contributed by atoms with Crippen LogP contribution in [-0.4, -0.2) is 37.2 Å².